The summed E-state index contributed by atoms with van der Waals surface area (Å²) in [6.07, 6.45) is 1.73. The van der Waals surface area contributed by atoms with Crippen molar-refractivity contribution in [3.8, 4) is 0 Å². The van der Waals surface area contributed by atoms with Crippen LogP contribution in [0, 0.1) is 0 Å². The zero-order valence-corrected chi connectivity index (χ0v) is 14.8. The Hall–Kier alpha value is -2.26. The molecule has 0 bridgehead atoms. The van der Waals surface area contributed by atoms with Gasteiger partial charge >= 0.3 is 0 Å². The average Bonchev–Trinajstić information content (AvgIpc) is 2.59. The van der Waals surface area contributed by atoms with Crippen molar-refractivity contribution in [2.75, 3.05) is 32.4 Å². The number of para-hydroxylation sites is 1. The van der Waals surface area contributed by atoms with E-state index in [1.165, 1.54) is 10.6 Å². The topological polar surface area (TPSA) is 103 Å². The number of rotatable bonds is 4. The van der Waals surface area contributed by atoms with Crippen molar-refractivity contribution in [3.05, 3.63) is 40.4 Å². The lowest BCUT2D eigenvalue weighted by atomic mass is 10.2. The Kier molecular flexibility index (Phi) is 4.87. The highest BCUT2D eigenvalue weighted by Gasteiger charge is 2.25. The predicted octanol–water partition coefficient (Wildman–Crippen LogP) is -0.0405. The van der Waals surface area contributed by atoms with Gasteiger partial charge in [-0.15, -0.1) is 0 Å². The first-order valence-corrected chi connectivity index (χ1v) is 9.90. The summed E-state index contributed by atoms with van der Waals surface area (Å²) in [7, 11) is -3.21. The van der Waals surface area contributed by atoms with Crippen molar-refractivity contribution in [2.24, 2.45) is 0 Å². The molecular weight excluding hydrogens is 344 g/mol. The number of H-pyrrole nitrogens is 1. The van der Waals surface area contributed by atoms with Crippen LogP contribution >= 0.6 is 0 Å². The van der Waals surface area contributed by atoms with Crippen LogP contribution in [0.1, 0.15) is 12.2 Å². The van der Waals surface area contributed by atoms with Gasteiger partial charge in [0.15, 0.2) is 0 Å². The average molecular weight is 364 g/mol. The molecule has 9 heteroatoms. The fourth-order valence-electron chi connectivity index (χ4n) is 2.91. The molecule has 1 aromatic heterocycles. The van der Waals surface area contributed by atoms with E-state index in [0.717, 1.165) is 0 Å². The molecule has 1 fully saturated rings. The molecule has 3 rings (SSSR count). The molecule has 2 heterocycles. The maximum Gasteiger partial charge on any atom is 0.258 e. The quantitative estimate of drug-likeness (QED) is 0.820. The molecule has 1 aliphatic rings. The molecular formula is C16H20N4O4S. The lowest BCUT2D eigenvalue weighted by Crippen LogP contribution is -2.50. The van der Waals surface area contributed by atoms with Crippen LogP contribution in [0.3, 0.4) is 0 Å². The SMILES string of the molecule is CS(=O)(=O)N1CCN(C(=O)CCc2nc3ccccc3c(=O)[nH]2)CC1. The minimum absolute atomic E-state index is 0.0658. The third kappa shape index (κ3) is 4.05. The fourth-order valence-corrected chi connectivity index (χ4v) is 3.73. The van der Waals surface area contributed by atoms with Crippen LogP contribution in [-0.2, 0) is 21.2 Å². The maximum atomic E-state index is 12.3. The first kappa shape index (κ1) is 17.6. The van der Waals surface area contributed by atoms with Gasteiger partial charge in [0.2, 0.25) is 15.9 Å². The molecule has 25 heavy (non-hydrogen) atoms. The molecule has 1 aromatic carbocycles. The number of carbonyl (C=O) groups is 1. The standard InChI is InChI=1S/C16H20N4O4S/c1-25(23,24)20-10-8-19(9-11-20)15(21)7-6-14-17-13-5-3-2-4-12(13)16(22)18-14/h2-5H,6-11H2,1H3,(H,17,18,22). The number of fused-ring (bicyclic) bond motifs is 1. The molecule has 0 spiro atoms. The number of nitrogens with zero attached hydrogens (tertiary/aromatic N) is 3. The summed E-state index contributed by atoms with van der Waals surface area (Å²) in [4.78, 5) is 33.1. The van der Waals surface area contributed by atoms with Crippen molar-refractivity contribution < 1.29 is 13.2 Å². The van der Waals surface area contributed by atoms with Gasteiger partial charge in [-0.05, 0) is 12.1 Å². The highest BCUT2D eigenvalue weighted by molar-refractivity contribution is 7.88. The molecule has 0 aliphatic carbocycles. The second kappa shape index (κ2) is 6.93. The number of aromatic amines is 1. The molecule has 0 unspecified atom stereocenters. The highest BCUT2D eigenvalue weighted by Crippen LogP contribution is 2.10. The number of piperazine rings is 1. The number of aryl methyl sites for hydroxylation is 1. The molecule has 0 saturated carbocycles. The second-order valence-corrected chi connectivity index (χ2v) is 8.06. The van der Waals surface area contributed by atoms with Crippen LogP contribution in [-0.4, -0.2) is 65.9 Å². The van der Waals surface area contributed by atoms with Gasteiger partial charge in [0.25, 0.3) is 5.56 Å². The Balaban J connectivity index is 1.61. The summed E-state index contributed by atoms with van der Waals surface area (Å²) < 4.78 is 24.4. The normalized spacial score (nSPS) is 16.3. The molecule has 1 aliphatic heterocycles. The van der Waals surface area contributed by atoms with E-state index in [9.17, 15) is 18.0 Å². The molecule has 134 valence electrons. The summed E-state index contributed by atoms with van der Waals surface area (Å²) in [5.74, 6) is 0.413. The summed E-state index contributed by atoms with van der Waals surface area (Å²) in [6, 6.07) is 7.06. The van der Waals surface area contributed by atoms with E-state index < -0.39 is 10.0 Å². The van der Waals surface area contributed by atoms with Gasteiger partial charge in [-0.25, -0.2) is 13.4 Å². The van der Waals surface area contributed by atoms with Crippen LogP contribution in [0.2, 0.25) is 0 Å². The molecule has 1 amide bonds. The Bertz CT molecular complexity index is 946. The molecule has 1 saturated heterocycles. The van der Waals surface area contributed by atoms with E-state index in [0.29, 0.717) is 49.3 Å². The number of sulfonamides is 1. The number of amides is 1. The molecule has 1 N–H and O–H groups in total. The van der Waals surface area contributed by atoms with E-state index in [-0.39, 0.29) is 17.9 Å². The van der Waals surface area contributed by atoms with Crippen LogP contribution in [0.25, 0.3) is 10.9 Å². The van der Waals surface area contributed by atoms with Gasteiger partial charge in [-0.2, -0.15) is 4.31 Å². The number of hydrogen-bond donors (Lipinski definition) is 1. The van der Waals surface area contributed by atoms with Crippen LogP contribution in [0.15, 0.2) is 29.1 Å². The smallest absolute Gasteiger partial charge is 0.258 e. The lowest BCUT2D eigenvalue weighted by molar-refractivity contribution is -0.132. The summed E-state index contributed by atoms with van der Waals surface area (Å²) in [6.45, 7) is 1.40. The lowest BCUT2D eigenvalue weighted by Gasteiger charge is -2.33. The van der Waals surface area contributed by atoms with Gasteiger partial charge in [0.1, 0.15) is 5.82 Å². The first-order valence-electron chi connectivity index (χ1n) is 8.05. The van der Waals surface area contributed by atoms with Gasteiger partial charge in [-0.1, -0.05) is 12.1 Å². The van der Waals surface area contributed by atoms with Crippen LogP contribution in [0.4, 0.5) is 0 Å². The van der Waals surface area contributed by atoms with Crippen LogP contribution < -0.4 is 5.56 Å². The fraction of sp³-hybridized carbons (Fsp3) is 0.438. The third-order valence-electron chi connectivity index (χ3n) is 4.30. The summed E-state index contributed by atoms with van der Waals surface area (Å²) >= 11 is 0. The maximum absolute atomic E-state index is 12.3. The van der Waals surface area contributed by atoms with Crippen LogP contribution in [0.5, 0.6) is 0 Å². The minimum Gasteiger partial charge on any atom is -0.340 e. The van der Waals surface area contributed by atoms with E-state index >= 15 is 0 Å². The Labute approximate surface area is 145 Å². The Morgan fingerprint density at radius 2 is 1.88 bits per heavy atom. The van der Waals surface area contributed by atoms with E-state index in [2.05, 4.69) is 9.97 Å². The zero-order valence-electron chi connectivity index (χ0n) is 13.9. The summed E-state index contributed by atoms with van der Waals surface area (Å²) in [5, 5.41) is 0.523. The molecule has 0 radical (unpaired) electrons. The van der Waals surface area contributed by atoms with Gasteiger partial charge in [0.05, 0.1) is 17.2 Å². The zero-order chi connectivity index (χ0) is 18.0. The van der Waals surface area contributed by atoms with E-state index in [4.69, 9.17) is 0 Å². The van der Waals surface area contributed by atoms with Crippen molar-refractivity contribution in [2.45, 2.75) is 12.8 Å². The van der Waals surface area contributed by atoms with Crippen molar-refractivity contribution >= 4 is 26.8 Å². The number of benzene rings is 1. The number of carbonyl (C=O) groups excluding carboxylic acids is 1. The van der Waals surface area contributed by atoms with Gasteiger partial charge in [0, 0.05) is 39.0 Å². The number of nitrogens with one attached hydrogen (secondary N) is 1. The Morgan fingerprint density at radius 1 is 1.20 bits per heavy atom. The summed E-state index contributed by atoms with van der Waals surface area (Å²) in [5.41, 5.74) is 0.394. The number of aromatic nitrogens is 2. The van der Waals surface area contributed by atoms with E-state index in [1.807, 2.05) is 6.07 Å². The molecule has 8 nitrogen and oxygen atoms in total. The van der Waals surface area contributed by atoms with Gasteiger partial charge in [-0.3, -0.25) is 9.59 Å². The predicted molar refractivity (Wildman–Crippen MR) is 93.7 cm³/mol. The largest absolute Gasteiger partial charge is 0.340 e. The van der Waals surface area contributed by atoms with Crippen molar-refractivity contribution in [1.82, 2.24) is 19.2 Å². The van der Waals surface area contributed by atoms with Gasteiger partial charge < -0.3 is 9.88 Å². The minimum atomic E-state index is -3.21. The first-order chi connectivity index (χ1) is 11.8. The van der Waals surface area contributed by atoms with E-state index in [1.54, 1.807) is 23.1 Å². The second-order valence-electron chi connectivity index (χ2n) is 6.07. The Morgan fingerprint density at radius 3 is 2.56 bits per heavy atom. The number of hydrogen-bond acceptors (Lipinski definition) is 5. The van der Waals surface area contributed by atoms with Crippen molar-refractivity contribution in [3.63, 3.8) is 0 Å². The molecule has 2 aromatic rings. The van der Waals surface area contributed by atoms with Crippen molar-refractivity contribution in [1.29, 1.82) is 0 Å². The third-order valence-corrected chi connectivity index (χ3v) is 5.60. The highest BCUT2D eigenvalue weighted by atomic mass is 32.2. The monoisotopic (exact) mass is 364 g/mol. The molecule has 0 atom stereocenters.